The van der Waals surface area contributed by atoms with Gasteiger partial charge in [-0.1, -0.05) is 39.3 Å². The average Bonchev–Trinajstić information content (AvgIpc) is 3.95. The molecule has 2 aliphatic rings. The Hall–Kier alpha value is -5.68. The van der Waals surface area contributed by atoms with Crippen LogP contribution in [0, 0.1) is 11.3 Å². The highest BCUT2D eigenvalue weighted by Crippen LogP contribution is 2.34. The van der Waals surface area contributed by atoms with Gasteiger partial charge in [-0.05, 0) is 43.0 Å². The summed E-state index contributed by atoms with van der Waals surface area (Å²) >= 11 is 0. The van der Waals surface area contributed by atoms with Gasteiger partial charge in [0.05, 0.1) is 40.7 Å². The zero-order valence-electron chi connectivity index (χ0n) is 29.4. The second-order valence-electron chi connectivity index (χ2n) is 11.5. The van der Waals surface area contributed by atoms with Crippen LogP contribution in [0.5, 0.6) is 0 Å². The van der Waals surface area contributed by atoms with Crippen molar-refractivity contribution in [2.45, 2.75) is 53.0 Å². The van der Waals surface area contributed by atoms with Crippen molar-refractivity contribution in [3.05, 3.63) is 88.9 Å². The maximum atomic E-state index is 12.5. The van der Waals surface area contributed by atoms with Crippen LogP contribution in [0.25, 0.3) is 5.70 Å². The van der Waals surface area contributed by atoms with Gasteiger partial charge < -0.3 is 36.8 Å². The minimum atomic E-state index is -0.639. The lowest BCUT2D eigenvalue weighted by Gasteiger charge is -2.27. The molecule has 1 fully saturated rings. The molecule has 49 heavy (non-hydrogen) atoms. The average molecular weight is 669 g/mol. The molecule has 4 rings (SSSR count). The number of nitrogens with two attached hydrogens (primary N) is 1. The van der Waals surface area contributed by atoms with E-state index in [4.69, 9.17) is 11.1 Å². The van der Waals surface area contributed by atoms with E-state index < -0.39 is 5.91 Å². The van der Waals surface area contributed by atoms with E-state index in [0.717, 1.165) is 42.6 Å². The van der Waals surface area contributed by atoms with Crippen molar-refractivity contribution in [1.29, 1.82) is 5.41 Å². The molecule has 0 bridgehead atoms. The number of pyridine rings is 1. The zero-order chi connectivity index (χ0) is 36.1. The first-order valence-corrected chi connectivity index (χ1v) is 16.4. The summed E-state index contributed by atoms with van der Waals surface area (Å²) < 4.78 is 0. The standard InChI is InChI=1S/C34H42N10O3.C2H6/c1-6-8-21-13-14-38-23(15-21)19-44(5)29(20-45)28-18-39-27(17-40-28)24-9-7-10-25(32(24)43(3)4)41-26(31(36)34(47)37-2)16-30(35)42-33(46)22-11-12-22;1-2/h7,9-10,13-18,22,36,39-41H,6,8,11-12,19H2,1-5H3,(H,37,47)(H2,35,42,46);1-2H3/b26-16+,36-31?;. The molecule has 2 amide bonds. The fourth-order valence-electron chi connectivity index (χ4n) is 5.03. The summed E-state index contributed by atoms with van der Waals surface area (Å²) in [7, 11) is 6.97. The number of aryl methyl sites for hydroxylation is 1. The van der Waals surface area contributed by atoms with Crippen molar-refractivity contribution in [2.24, 2.45) is 16.6 Å². The minimum absolute atomic E-state index is 0.0684. The van der Waals surface area contributed by atoms with Crippen molar-refractivity contribution in [2.75, 3.05) is 38.4 Å². The molecule has 2 aromatic rings. The summed E-state index contributed by atoms with van der Waals surface area (Å²) in [6.07, 6.45) is 10.1. The molecule has 1 aliphatic carbocycles. The number of anilines is 2. The van der Waals surface area contributed by atoms with Gasteiger partial charge >= 0.3 is 0 Å². The first kappa shape index (κ1) is 37.8. The number of para-hydroxylation sites is 1. The number of nitrogens with zero attached hydrogens (tertiary/aromatic N) is 4. The Bertz CT molecular complexity index is 1710. The molecule has 1 aliphatic heterocycles. The van der Waals surface area contributed by atoms with Gasteiger partial charge in [0.2, 0.25) is 0 Å². The van der Waals surface area contributed by atoms with E-state index in [0.29, 0.717) is 29.3 Å². The lowest BCUT2D eigenvalue weighted by atomic mass is 10.1. The number of nitrogens with one attached hydrogen (secondary N) is 5. The Morgan fingerprint density at radius 1 is 1.16 bits per heavy atom. The summed E-state index contributed by atoms with van der Waals surface area (Å²) in [6, 6.07) is 9.59. The monoisotopic (exact) mass is 668 g/mol. The third kappa shape index (κ3) is 10.2. The van der Waals surface area contributed by atoms with E-state index in [1.165, 1.54) is 18.7 Å². The number of aromatic nitrogens is 1. The lowest BCUT2D eigenvalue weighted by molar-refractivity contribution is -0.119. The summed E-state index contributed by atoms with van der Waals surface area (Å²) in [5.74, 6) is 0.879. The maximum Gasteiger partial charge on any atom is 0.271 e. The SMILES string of the molecule is CC.CCCc1ccnc(CN(C)C(=C=O)C2=CNC(c3cccc(N/C(=C/C(N)=NC(=O)C4CC4)C(=N)C(=O)NC)c3N(C)C)=CN2)c1. The van der Waals surface area contributed by atoms with Crippen LogP contribution in [0.4, 0.5) is 11.4 Å². The van der Waals surface area contributed by atoms with Crippen LogP contribution in [0.1, 0.15) is 56.9 Å². The van der Waals surface area contributed by atoms with E-state index >= 15 is 0 Å². The third-order valence-corrected chi connectivity index (χ3v) is 7.52. The number of amides is 2. The van der Waals surface area contributed by atoms with Crippen molar-refractivity contribution < 1.29 is 14.4 Å². The van der Waals surface area contributed by atoms with Gasteiger partial charge in [-0.15, -0.1) is 0 Å². The minimum Gasteiger partial charge on any atom is -0.384 e. The molecule has 0 saturated heterocycles. The molecule has 1 aromatic heterocycles. The largest absolute Gasteiger partial charge is 0.384 e. The van der Waals surface area contributed by atoms with Crippen LogP contribution in [0.2, 0.25) is 0 Å². The number of carbonyl (C=O) groups is 2. The predicted octanol–water partition coefficient (Wildman–Crippen LogP) is 3.66. The van der Waals surface area contributed by atoms with Gasteiger partial charge in [0, 0.05) is 64.3 Å². The number of aliphatic imine (C=N–C) groups is 1. The third-order valence-electron chi connectivity index (χ3n) is 7.52. The topological polar surface area (TPSA) is 181 Å². The molecule has 0 spiro atoms. The highest BCUT2D eigenvalue weighted by molar-refractivity contribution is 6.45. The number of hydrogen-bond donors (Lipinski definition) is 6. The molecule has 1 saturated carbocycles. The van der Waals surface area contributed by atoms with Crippen LogP contribution in [0.3, 0.4) is 0 Å². The number of rotatable bonds is 14. The van der Waals surface area contributed by atoms with Crippen LogP contribution < -0.4 is 31.9 Å². The summed E-state index contributed by atoms with van der Waals surface area (Å²) in [6.45, 7) is 6.56. The molecule has 2 heterocycles. The fraction of sp³-hybridized carbons (Fsp3) is 0.361. The Morgan fingerprint density at radius 2 is 1.90 bits per heavy atom. The Morgan fingerprint density at radius 3 is 2.49 bits per heavy atom. The highest BCUT2D eigenvalue weighted by Gasteiger charge is 2.29. The van der Waals surface area contributed by atoms with Gasteiger partial charge in [0.15, 0.2) is 5.94 Å². The second kappa shape index (κ2) is 18.0. The van der Waals surface area contributed by atoms with Crippen LogP contribution >= 0.6 is 0 Å². The summed E-state index contributed by atoms with van der Waals surface area (Å²) in [5.41, 5.74) is 11.4. The maximum absolute atomic E-state index is 12.5. The molecular formula is C36H48N10O3. The summed E-state index contributed by atoms with van der Waals surface area (Å²) in [4.78, 5) is 48.8. The van der Waals surface area contributed by atoms with Gasteiger partial charge in [-0.2, -0.15) is 4.99 Å². The first-order chi connectivity index (χ1) is 23.6. The van der Waals surface area contributed by atoms with Crippen LogP contribution in [0.15, 0.2) is 77.1 Å². The van der Waals surface area contributed by atoms with Crippen molar-refractivity contribution >= 4 is 46.4 Å². The number of amidine groups is 1. The number of likely N-dealkylation sites (N-methyl/N-ethyl adjacent to an activating group) is 1. The fourth-order valence-corrected chi connectivity index (χ4v) is 5.03. The molecular weight excluding hydrogens is 620 g/mol. The first-order valence-electron chi connectivity index (χ1n) is 16.4. The Kier molecular flexibility index (Phi) is 13.9. The molecule has 1 aromatic carbocycles. The van der Waals surface area contributed by atoms with Crippen molar-refractivity contribution in [3.8, 4) is 0 Å². The van der Waals surface area contributed by atoms with E-state index in [9.17, 15) is 14.4 Å². The molecule has 0 atom stereocenters. The van der Waals surface area contributed by atoms with Crippen molar-refractivity contribution in [1.82, 2.24) is 25.8 Å². The van der Waals surface area contributed by atoms with Gasteiger partial charge in [-0.3, -0.25) is 20.0 Å². The van der Waals surface area contributed by atoms with E-state index in [1.54, 1.807) is 29.6 Å². The van der Waals surface area contributed by atoms with E-state index in [2.05, 4.69) is 50.2 Å². The normalized spacial score (nSPS) is 13.9. The Balaban J connectivity index is 0.00000319. The molecule has 7 N–H and O–H groups in total. The zero-order valence-corrected chi connectivity index (χ0v) is 29.4. The molecule has 13 nitrogen and oxygen atoms in total. The molecule has 260 valence electrons. The molecule has 0 unspecified atom stereocenters. The number of carbonyl (C=O) groups excluding carboxylic acids is 3. The predicted molar refractivity (Wildman–Crippen MR) is 196 cm³/mol. The van der Waals surface area contributed by atoms with Crippen LogP contribution in [-0.4, -0.2) is 67.4 Å². The number of hydrogen-bond acceptors (Lipinski definition) is 10. The lowest BCUT2D eigenvalue weighted by Crippen LogP contribution is -2.32. The van der Waals surface area contributed by atoms with Crippen molar-refractivity contribution in [3.63, 3.8) is 0 Å². The second-order valence-corrected chi connectivity index (χ2v) is 11.5. The van der Waals surface area contributed by atoms with Gasteiger partial charge in [-0.25, -0.2) is 4.79 Å². The Labute approximate surface area is 288 Å². The van der Waals surface area contributed by atoms with Gasteiger partial charge in [0.25, 0.3) is 11.8 Å². The van der Waals surface area contributed by atoms with Crippen LogP contribution in [-0.2, 0) is 27.3 Å². The van der Waals surface area contributed by atoms with E-state index in [-0.39, 0.29) is 29.1 Å². The van der Waals surface area contributed by atoms with Gasteiger partial charge in [0.1, 0.15) is 17.2 Å². The molecule has 13 heteroatoms. The van der Waals surface area contributed by atoms with E-state index in [1.807, 2.05) is 58.1 Å². The number of benzene rings is 1. The quantitative estimate of drug-likeness (QED) is 0.0988. The summed E-state index contributed by atoms with van der Waals surface area (Å²) in [5, 5.41) is 20.6. The highest BCUT2D eigenvalue weighted by atomic mass is 16.2. The molecule has 0 radical (unpaired) electrons. The smallest absolute Gasteiger partial charge is 0.271 e.